The Hall–Kier alpha value is -3.61. The van der Waals surface area contributed by atoms with Crippen LogP contribution >= 0.6 is 0 Å². The van der Waals surface area contributed by atoms with E-state index in [2.05, 4.69) is 10.6 Å². The SMILES string of the molecule is CC(C)=CC(=O)OCC1(C)C=Cc2cc(NC(=O)Nc3ccc(F)cc3)ccc2O1. The summed E-state index contributed by atoms with van der Waals surface area (Å²) < 4.78 is 24.2. The zero-order valence-corrected chi connectivity index (χ0v) is 17.0. The lowest BCUT2D eigenvalue weighted by Crippen LogP contribution is -2.38. The number of fused-ring (bicyclic) bond motifs is 1. The number of nitrogens with one attached hydrogen (secondary N) is 2. The van der Waals surface area contributed by atoms with E-state index in [1.807, 2.05) is 32.9 Å². The highest BCUT2D eigenvalue weighted by atomic mass is 19.1. The summed E-state index contributed by atoms with van der Waals surface area (Å²) in [6.07, 6.45) is 5.10. The number of ether oxygens (including phenoxy) is 2. The van der Waals surface area contributed by atoms with E-state index in [1.54, 1.807) is 18.2 Å². The number of allylic oxidation sites excluding steroid dienone is 1. The van der Waals surface area contributed by atoms with Gasteiger partial charge in [-0.05, 0) is 69.3 Å². The van der Waals surface area contributed by atoms with Gasteiger partial charge in [0.05, 0.1) is 0 Å². The van der Waals surface area contributed by atoms with Crippen LogP contribution in [0.1, 0.15) is 26.3 Å². The highest BCUT2D eigenvalue weighted by Crippen LogP contribution is 2.33. The lowest BCUT2D eigenvalue weighted by molar-refractivity contribution is -0.141. The maximum atomic E-state index is 13.0. The molecule has 2 aromatic carbocycles. The molecule has 0 spiro atoms. The lowest BCUT2D eigenvalue weighted by atomic mass is 10.0. The molecule has 1 aliphatic rings. The molecule has 0 aromatic heterocycles. The highest BCUT2D eigenvalue weighted by Gasteiger charge is 2.29. The van der Waals surface area contributed by atoms with Crippen LogP contribution in [-0.2, 0) is 9.53 Å². The zero-order chi connectivity index (χ0) is 21.7. The Morgan fingerprint density at radius 1 is 1.10 bits per heavy atom. The predicted molar refractivity (Wildman–Crippen MR) is 114 cm³/mol. The van der Waals surface area contributed by atoms with E-state index < -0.39 is 17.6 Å². The lowest BCUT2D eigenvalue weighted by Gasteiger charge is -2.31. The van der Waals surface area contributed by atoms with Gasteiger partial charge in [-0.15, -0.1) is 0 Å². The number of urea groups is 1. The van der Waals surface area contributed by atoms with Gasteiger partial charge in [0.1, 0.15) is 18.2 Å². The molecular formula is C23H23FN2O4. The Kier molecular flexibility index (Phi) is 6.20. The van der Waals surface area contributed by atoms with Gasteiger partial charge in [-0.1, -0.05) is 11.6 Å². The number of hydrogen-bond donors (Lipinski definition) is 2. The van der Waals surface area contributed by atoms with Gasteiger partial charge in [0.2, 0.25) is 0 Å². The molecule has 2 aromatic rings. The smallest absolute Gasteiger partial charge is 0.330 e. The first-order valence-electron chi connectivity index (χ1n) is 9.40. The molecule has 7 heteroatoms. The molecule has 3 rings (SSSR count). The molecule has 0 bridgehead atoms. The van der Waals surface area contributed by atoms with Gasteiger partial charge in [-0.25, -0.2) is 14.0 Å². The van der Waals surface area contributed by atoms with Crippen LogP contribution in [0.25, 0.3) is 6.08 Å². The van der Waals surface area contributed by atoms with Crippen molar-refractivity contribution in [3.05, 3.63) is 71.6 Å². The third kappa shape index (κ3) is 5.70. The van der Waals surface area contributed by atoms with Crippen LogP contribution in [0.5, 0.6) is 5.75 Å². The van der Waals surface area contributed by atoms with Gasteiger partial charge in [-0.3, -0.25) is 0 Å². The number of amides is 2. The second-order valence-corrected chi connectivity index (χ2v) is 7.42. The van der Waals surface area contributed by atoms with E-state index in [9.17, 15) is 14.0 Å². The molecule has 1 unspecified atom stereocenters. The molecule has 2 N–H and O–H groups in total. The number of hydrogen-bond acceptors (Lipinski definition) is 4. The summed E-state index contributed by atoms with van der Waals surface area (Å²) in [5.74, 6) is -0.172. The number of benzene rings is 2. The maximum Gasteiger partial charge on any atom is 0.330 e. The summed E-state index contributed by atoms with van der Waals surface area (Å²) in [6, 6.07) is 10.3. The average molecular weight is 410 g/mol. The Balaban J connectivity index is 1.61. The van der Waals surface area contributed by atoms with E-state index in [0.717, 1.165) is 11.1 Å². The van der Waals surface area contributed by atoms with Crippen molar-refractivity contribution >= 4 is 29.5 Å². The van der Waals surface area contributed by atoms with Gasteiger partial charge in [0.25, 0.3) is 0 Å². The third-order valence-corrected chi connectivity index (χ3v) is 4.24. The van der Waals surface area contributed by atoms with Crippen molar-refractivity contribution in [2.24, 2.45) is 0 Å². The minimum Gasteiger partial charge on any atom is -0.479 e. The number of rotatable bonds is 5. The third-order valence-electron chi connectivity index (χ3n) is 4.24. The van der Waals surface area contributed by atoms with Crippen molar-refractivity contribution in [2.45, 2.75) is 26.4 Å². The Morgan fingerprint density at radius 2 is 1.77 bits per heavy atom. The minimum atomic E-state index is -0.785. The quantitative estimate of drug-likeness (QED) is 0.528. The van der Waals surface area contributed by atoms with Crippen LogP contribution in [0.2, 0.25) is 0 Å². The van der Waals surface area contributed by atoms with Crippen molar-refractivity contribution in [3.63, 3.8) is 0 Å². The first-order chi connectivity index (χ1) is 14.2. The molecule has 30 heavy (non-hydrogen) atoms. The molecule has 6 nitrogen and oxygen atoms in total. The summed E-state index contributed by atoms with van der Waals surface area (Å²) in [7, 11) is 0. The van der Waals surface area contributed by atoms with Crippen LogP contribution in [0.4, 0.5) is 20.6 Å². The van der Waals surface area contributed by atoms with Crippen molar-refractivity contribution in [1.29, 1.82) is 0 Å². The van der Waals surface area contributed by atoms with Gasteiger partial charge in [0.15, 0.2) is 5.60 Å². The highest BCUT2D eigenvalue weighted by molar-refractivity contribution is 6.00. The normalized spacial score (nSPS) is 16.7. The number of carbonyl (C=O) groups excluding carboxylic acids is 2. The maximum absolute atomic E-state index is 13.0. The second kappa shape index (κ2) is 8.82. The topological polar surface area (TPSA) is 76.7 Å². The fraction of sp³-hybridized carbons (Fsp3) is 0.217. The Labute approximate surface area is 174 Å². The fourth-order valence-corrected chi connectivity index (χ4v) is 2.80. The van der Waals surface area contributed by atoms with Crippen LogP contribution < -0.4 is 15.4 Å². The first-order valence-corrected chi connectivity index (χ1v) is 9.40. The molecule has 0 saturated heterocycles. The number of carbonyl (C=O) groups is 2. The molecule has 2 amide bonds. The van der Waals surface area contributed by atoms with E-state index in [4.69, 9.17) is 9.47 Å². The standard InChI is InChI=1S/C23H23FN2O4/c1-15(2)12-21(27)29-14-23(3)11-10-16-13-19(8-9-20(16)30-23)26-22(28)25-18-6-4-17(24)5-7-18/h4-13H,14H2,1-3H3,(H2,25,26,28). The van der Waals surface area contributed by atoms with E-state index in [0.29, 0.717) is 17.1 Å². The summed E-state index contributed by atoms with van der Waals surface area (Å²) in [6.45, 7) is 5.54. The monoisotopic (exact) mass is 410 g/mol. The zero-order valence-electron chi connectivity index (χ0n) is 17.0. The number of halogens is 1. The Bertz CT molecular complexity index is 1010. The first kappa shape index (κ1) is 21.1. The second-order valence-electron chi connectivity index (χ2n) is 7.42. The summed E-state index contributed by atoms with van der Waals surface area (Å²) >= 11 is 0. The number of anilines is 2. The molecule has 0 fully saturated rings. The van der Waals surface area contributed by atoms with Crippen molar-refractivity contribution in [1.82, 2.24) is 0 Å². The predicted octanol–water partition coefficient (Wildman–Crippen LogP) is 5.14. The van der Waals surface area contributed by atoms with Crippen LogP contribution in [0.3, 0.4) is 0 Å². The van der Waals surface area contributed by atoms with Gasteiger partial charge >= 0.3 is 12.0 Å². The Morgan fingerprint density at radius 3 is 2.47 bits per heavy atom. The molecular weight excluding hydrogens is 387 g/mol. The van der Waals surface area contributed by atoms with Crippen molar-refractivity contribution < 1.29 is 23.5 Å². The molecule has 1 heterocycles. The molecule has 1 aliphatic heterocycles. The summed E-state index contributed by atoms with van der Waals surface area (Å²) in [5, 5.41) is 5.36. The van der Waals surface area contributed by atoms with Gasteiger partial charge in [0, 0.05) is 23.0 Å². The van der Waals surface area contributed by atoms with Gasteiger partial charge < -0.3 is 20.1 Å². The van der Waals surface area contributed by atoms with E-state index in [1.165, 1.54) is 30.3 Å². The van der Waals surface area contributed by atoms with Gasteiger partial charge in [-0.2, -0.15) is 0 Å². The van der Waals surface area contributed by atoms with Crippen molar-refractivity contribution in [2.75, 3.05) is 17.2 Å². The summed E-state index contributed by atoms with van der Waals surface area (Å²) in [5.41, 5.74) is 1.91. The van der Waals surface area contributed by atoms with Crippen LogP contribution in [0, 0.1) is 5.82 Å². The van der Waals surface area contributed by atoms with Crippen LogP contribution in [0.15, 0.2) is 60.2 Å². The van der Waals surface area contributed by atoms with Crippen molar-refractivity contribution in [3.8, 4) is 5.75 Å². The van der Waals surface area contributed by atoms with Crippen LogP contribution in [-0.4, -0.2) is 24.2 Å². The minimum absolute atomic E-state index is 0.0750. The molecule has 156 valence electrons. The largest absolute Gasteiger partial charge is 0.479 e. The van der Waals surface area contributed by atoms with E-state index in [-0.39, 0.29) is 12.4 Å². The van der Waals surface area contributed by atoms with E-state index >= 15 is 0 Å². The molecule has 0 saturated carbocycles. The average Bonchev–Trinajstić information content (AvgIpc) is 2.68. The number of esters is 1. The molecule has 1 atom stereocenters. The summed E-state index contributed by atoms with van der Waals surface area (Å²) in [4.78, 5) is 23.9. The fourth-order valence-electron chi connectivity index (χ4n) is 2.80. The molecule has 0 radical (unpaired) electrons. The molecule has 0 aliphatic carbocycles.